The number of anilines is 1. The van der Waals surface area contributed by atoms with Gasteiger partial charge in [0.15, 0.2) is 0 Å². The lowest BCUT2D eigenvalue weighted by atomic mass is 10.2. The highest BCUT2D eigenvalue weighted by Gasteiger charge is 1.99. The molecule has 106 valence electrons. The van der Waals surface area contributed by atoms with Crippen LogP contribution < -0.4 is 10.1 Å². The molecule has 1 N–H and O–H groups in total. The lowest BCUT2D eigenvalue weighted by Crippen LogP contribution is -2.03. The molecule has 20 heavy (non-hydrogen) atoms. The summed E-state index contributed by atoms with van der Waals surface area (Å²) in [6, 6.07) is 12.3. The first-order valence-electron chi connectivity index (χ1n) is 7.22. The van der Waals surface area contributed by atoms with Gasteiger partial charge in [0.1, 0.15) is 18.2 Å². The average Bonchev–Trinajstić information content (AvgIpc) is 2.52. The van der Waals surface area contributed by atoms with Gasteiger partial charge in [0.2, 0.25) is 0 Å². The summed E-state index contributed by atoms with van der Waals surface area (Å²) in [5, 5.41) is 3.28. The monoisotopic (exact) mass is 270 g/mol. The number of nitrogens with zero attached hydrogens (tertiary/aromatic N) is 1. The average molecular weight is 270 g/mol. The normalized spacial score (nSPS) is 10.3. The van der Waals surface area contributed by atoms with Crippen LogP contribution in [-0.2, 0) is 13.0 Å². The van der Waals surface area contributed by atoms with E-state index in [0.717, 1.165) is 36.5 Å². The van der Waals surface area contributed by atoms with Crippen LogP contribution in [0.3, 0.4) is 0 Å². The Morgan fingerprint density at radius 2 is 1.85 bits per heavy atom. The van der Waals surface area contributed by atoms with Gasteiger partial charge in [-0.05, 0) is 48.2 Å². The van der Waals surface area contributed by atoms with E-state index in [1.165, 1.54) is 5.56 Å². The molecule has 0 aliphatic heterocycles. The summed E-state index contributed by atoms with van der Waals surface area (Å²) in [6.45, 7) is 5.79. The van der Waals surface area contributed by atoms with Crippen LogP contribution in [0.1, 0.15) is 31.4 Å². The molecular weight excluding hydrogens is 248 g/mol. The first kappa shape index (κ1) is 14.4. The molecule has 3 heteroatoms. The molecule has 3 nitrogen and oxygen atoms in total. The fourth-order valence-corrected chi connectivity index (χ4v) is 1.90. The van der Waals surface area contributed by atoms with E-state index in [4.69, 9.17) is 4.74 Å². The third kappa shape index (κ3) is 4.26. The number of ether oxygens (including phenoxy) is 1. The van der Waals surface area contributed by atoms with Crippen molar-refractivity contribution < 1.29 is 4.74 Å². The quantitative estimate of drug-likeness (QED) is 0.824. The Bertz CT molecular complexity index is 523. The maximum atomic E-state index is 5.80. The second-order valence-electron chi connectivity index (χ2n) is 4.76. The van der Waals surface area contributed by atoms with Crippen LogP contribution in [-0.4, -0.2) is 11.5 Å². The van der Waals surface area contributed by atoms with Crippen molar-refractivity contribution in [3.8, 4) is 5.75 Å². The number of aromatic nitrogens is 1. The molecule has 0 fully saturated rings. The van der Waals surface area contributed by atoms with Crippen LogP contribution in [0.4, 0.5) is 5.82 Å². The van der Waals surface area contributed by atoms with E-state index in [1.807, 2.05) is 30.5 Å². The molecule has 0 bridgehead atoms. The van der Waals surface area contributed by atoms with Crippen molar-refractivity contribution in [1.82, 2.24) is 4.98 Å². The zero-order valence-electron chi connectivity index (χ0n) is 12.2. The summed E-state index contributed by atoms with van der Waals surface area (Å²) in [7, 11) is 0. The maximum absolute atomic E-state index is 5.80. The number of rotatable bonds is 7. The van der Waals surface area contributed by atoms with Crippen LogP contribution >= 0.6 is 0 Å². The number of pyridine rings is 1. The van der Waals surface area contributed by atoms with Crippen molar-refractivity contribution in [1.29, 1.82) is 0 Å². The van der Waals surface area contributed by atoms with Gasteiger partial charge in [0.05, 0.1) is 0 Å². The smallest absolute Gasteiger partial charge is 0.126 e. The minimum absolute atomic E-state index is 0.564. The molecule has 1 aromatic carbocycles. The SMILES string of the molecule is CCCNc1cc(COc2ccc(CC)cc2)ccn1. The summed E-state index contributed by atoms with van der Waals surface area (Å²) in [5.74, 6) is 1.82. The van der Waals surface area contributed by atoms with Crippen molar-refractivity contribution in [2.75, 3.05) is 11.9 Å². The summed E-state index contributed by atoms with van der Waals surface area (Å²) < 4.78 is 5.80. The fourth-order valence-electron chi connectivity index (χ4n) is 1.90. The molecular formula is C17H22N2O. The molecule has 0 atom stereocenters. The van der Waals surface area contributed by atoms with Crippen LogP contribution in [0.25, 0.3) is 0 Å². The highest BCUT2D eigenvalue weighted by atomic mass is 16.5. The van der Waals surface area contributed by atoms with Gasteiger partial charge in [-0.1, -0.05) is 26.0 Å². The molecule has 0 aliphatic rings. The van der Waals surface area contributed by atoms with E-state index >= 15 is 0 Å². The molecule has 1 heterocycles. The summed E-state index contributed by atoms with van der Waals surface area (Å²) in [6.07, 6.45) is 3.96. The number of nitrogens with one attached hydrogen (secondary N) is 1. The van der Waals surface area contributed by atoms with Gasteiger partial charge in [-0.3, -0.25) is 0 Å². The molecule has 2 aromatic rings. The molecule has 0 amide bonds. The standard InChI is InChI=1S/C17H22N2O/c1-3-10-18-17-12-15(9-11-19-17)13-20-16-7-5-14(4-2)6-8-16/h5-9,11-12H,3-4,10,13H2,1-2H3,(H,18,19). The topological polar surface area (TPSA) is 34.1 Å². The minimum Gasteiger partial charge on any atom is -0.489 e. The van der Waals surface area contributed by atoms with Crippen molar-refractivity contribution in [2.45, 2.75) is 33.3 Å². The van der Waals surface area contributed by atoms with Gasteiger partial charge in [0.25, 0.3) is 0 Å². The number of aryl methyl sites for hydroxylation is 1. The highest BCUT2D eigenvalue weighted by molar-refractivity contribution is 5.37. The Morgan fingerprint density at radius 1 is 1.05 bits per heavy atom. The lowest BCUT2D eigenvalue weighted by Gasteiger charge is -2.09. The highest BCUT2D eigenvalue weighted by Crippen LogP contribution is 2.15. The predicted molar refractivity (Wildman–Crippen MR) is 83.2 cm³/mol. The number of benzene rings is 1. The molecule has 0 unspecified atom stereocenters. The summed E-state index contributed by atoms with van der Waals surface area (Å²) in [4.78, 5) is 4.29. The minimum atomic E-state index is 0.564. The van der Waals surface area contributed by atoms with Gasteiger partial charge < -0.3 is 10.1 Å². The second kappa shape index (κ2) is 7.53. The molecule has 0 saturated heterocycles. The van der Waals surface area contributed by atoms with Crippen molar-refractivity contribution >= 4 is 5.82 Å². The third-order valence-corrected chi connectivity index (χ3v) is 3.12. The Morgan fingerprint density at radius 3 is 2.55 bits per heavy atom. The van der Waals surface area contributed by atoms with Crippen molar-refractivity contribution in [3.05, 3.63) is 53.7 Å². The zero-order valence-corrected chi connectivity index (χ0v) is 12.2. The summed E-state index contributed by atoms with van der Waals surface area (Å²) >= 11 is 0. The van der Waals surface area contributed by atoms with E-state index in [2.05, 4.69) is 36.3 Å². The number of hydrogen-bond donors (Lipinski definition) is 1. The molecule has 0 radical (unpaired) electrons. The van der Waals surface area contributed by atoms with Crippen LogP contribution in [0.15, 0.2) is 42.6 Å². The lowest BCUT2D eigenvalue weighted by molar-refractivity contribution is 0.306. The fraction of sp³-hybridized carbons (Fsp3) is 0.353. The van der Waals surface area contributed by atoms with Gasteiger partial charge in [-0.15, -0.1) is 0 Å². The molecule has 0 spiro atoms. The van der Waals surface area contributed by atoms with Gasteiger partial charge in [-0.25, -0.2) is 4.98 Å². The first-order chi connectivity index (χ1) is 9.81. The second-order valence-corrected chi connectivity index (χ2v) is 4.76. The summed E-state index contributed by atoms with van der Waals surface area (Å²) in [5.41, 5.74) is 2.45. The van der Waals surface area contributed by atoms with Crippen molar-refractivity contribution in [2.24, 2.45) is 0 Å². The predicted octanol–water partition coefficient (Wildman–Crippen LogP) is 4.04. The van der Waals surface area contributed by atoms with Gasteiger partial charge >= 0.3 is 0 Å². The zero-order chi connectivity index (χ0) is 14.2. The molecule has 2 rings (SSSR count). The van der Waals surface area contributed by atoms with Gasteiger partial charge in [0, 0.05) is 12.7 Å². The van der Waals surface area contributed by atoms with E-state index in [9.17, 15) is 0 Å². The van der Waals surface area contributed by atoms with Crippen LogP contribution in [0.5, 0.6) is 5.75 Å². The van der Waals surface area contributed by atoms with Crippen LogP contribution in [0.2, 0.25) is 0 Å². The Hall–Kier alpha value is -2.03. The van der Waals surface area contributed by atoms with E-state index in [1.54, 1.807) is 0 Å². The van der Waals surface area contributed by atoms with E-state index in [-0.39, 0.29) is 0 Å². The number of hydrogen-bond acceptors (Lipinski definition) is 3. The first-order valence-corrected chi connectivity index (χ1v) is 7.22. The van der Waals surface area contributed by atoms with E-state index < -0.39 is 0 Å². The molecule has 0 saturated carbocycles. The largest absolute Gasteiger partial charge is 0.489 e. The maximum Gasteiger partial charge on any atom is 0.126 e. The van der Waals surface area contributed by atoms with Crippen molar-refractivity contribution in [3.63, 3.8) is 0 Å². The van der Waals surface area contributed by atoms with E-state index in [0.29, 0.717) is 6.61 Å². The molecule has 1 aromatic heterocycles. The molecule has 0 aliphatic carbocycles. The Balaban J connectivity index is 1.92. The van der Waals surface area contributed by atoms with Gasteiger partial charge in [-0.2, -0.15) is 0 Å². The Kier molecular flexibility index (Phi) is 5.42. The Labute approximate surface area is 121 Å². The third-order valence-electron chi connectivity index (χ3n) is 3.12. The van der Waals surface area contributed by atoms with Crippen LogP contribution in [0, 0.1) is 0 Å².